The number of likely N-dealkylation sites (tertiary alicyclic amines) is 1. The van der Waals surface area contributed by atoms with E-state index in [2.05, 4.69) is 42.9 Å². The zero-order chi connectivity index (χ0) is 12.7. The molecular weight excluding hydrogens is 210 g/mol. The Labute approximate surface area is 108 Å². The highest BCUT2D eigenvalue weighted by Gasteiger charge is 2.23. The van der Waals surface area contributed by atoms with E-state index in [1.54, 1.807) is 0 Å². The third-order valence-corrected chi connectivity index (χ3v) is 3.70. The molecular formula is C14H31N3. The number of rotatable bonds is 8. The summed E-state index contributed by atoms with van der Waals surface area (Å²) in [5.74, 6) is 0. The second-order valence-corrected chi connectivity index (χ2v) is 5.65. The van der Waals surface area contributed by atoms with Crippen molar-refractivity contribution in [3.8, 4) is 0 Å². The number of likely N-dealkylation sites (N-methyl/N-ethyl adjacent to an activating group) is 2. The van der Waals surface area contributed by atoms with E-state index in [-0.39, 0.29) is 0 Å². The highest BCUT2D eigenvalue weighted by atomic mass is 15.2. The largest absolute Gasteiger partial charge is 0.314 e. The molecule has 1 N–H and O–H groups in total. The first-order valence-electron chi connectivity index (χ1n) is 7.29. The maximum absolute atomic E-state index is 3.48. The Bertz CT molecular complexity index is 194. The Morgan fingerprint density at radius 3 is 2.82 bits per heavy atom. The predicted octanol–water partition coefficient (Wildman–Crippen LogP) is 1.79. The van der Waals surface area contributed by atoms with E-state index in [4.69, 9.17) is 0 Å². The van der Waals surface area contributed by atoms with Crippen molar-refractivity contribution in [2.75, 3.05) is 39.8 Å². The van der Waals surface area contributed by atoms with E-state index in [1.165, 1.54) is 45.4 Å². The number of hydrogen-bond donors (Lipinski definition) is 1. The van der Waals surface area contributed by atoms with Crippen LogP contribution in [0.15, 0.2) is 0 Å². The van der Waals surface area contributed by atoms with Gasteiger partial charge in [-0.05, 0) is 52.5 Å². The molecule has 1 atom stereocenters. The molecule has 0 aromatic rings. The van der Waals surface area contributed by atoms with Crippen molar-refractivity contribution in [3.63, 3.8) is 0 Å². The second kappa shape index (κ2) is 8.06. The molecule has 3 nitrogen and oxygen atoms in total. The lowest BCUT2D eigenvalue weighted by Gasteiger charge is -2.27. The second-order valence-electron chi connectivity index (χ2n) is 5.65. The maximum Gasteiger partial charge on any atom is 0.0223 e. The van der Waals surface area contributed by atoms with Crippen molar-refractivity contribution in [3.05, 3.63) is 0 Å². The Morgan fingerprint density at radius 1 is 1.41 bits per heavy atom. The average Bonchev–Trinajstić information content (AvgIpc) is 2.71. The van der Waals surface area contributed by atoms with Crippen molar-refractivity contribution >= 4 is 0 Å². The Morgan fingerprint density at radius 2 is 2.18 bits per heavy atom. The van der Waals surface area contributed by atoms with Crippen LogP contribution in [0.2, 0.25) is 0 Å². The van der Waals surface area contributed by atoms with Crippen molar-refractivity contribution in [1.82, 2.24) is 15.1 Å². The number of nitrogens with one attached hydrogen (secondary N) is 1. The zero-order valence-corrected chi connectivity index (χ0v) is 12.2. The van der Waals surface area contributed by atoms with Gasteiger partial charge in [-0.25, -0.2) is 0 Å². The van der Waals surface area contributed by atoms with Crippen LogP contribution in [0.1, 0.15) is 40.0 Å². The fourth-order valence-electron chi connectivity index (χ4n) is 2.71. The van der Waals surface area contributed by atoms with Gasteiger partial charge in [0.1, 0.15) is 0 Å². The number of nitrogens with zero attached hydrogens (tertiary/aromatic N) is 2. The zero-order valence-electron chi connectivity index (χ0n) is 12.2. The molecule has 0 aromatic carbocycles. The van der Waals surface area contributed by atoms with E-state index in [0.29, 0.717) is 6.04 Å². The van der Waals surface area contributed by atoms with Crippen molar-refractivity contribution in [2.45, 2.75) is 52.1 Å². The molecule has 102 valence electrons. The van der Waals surface area contributed by atoms with E-state index in [1.807, 2.05) is 0 Å². The van der Waals surface area contributed by atoms with Crippen LogP contribution in [0, 0.1) is 0 Å². The summed E-state index contributed by atoms with van der Waals surface area (Å²) in [6.45, 7) is 12.8. The van der Waals surface area contributed by atoms with Crippen LogP contribution >= 0.6 is 0 Å². The minimum atomic E-state index is 0.616. The summed E-state index contributed by atoms with van der Waals surface area (Å²) in [4.78, 5) is 5.13. The van der Waals surface area contributed by atoms with Crippen molar-refractivity contribution in [1.29, 1.82) is 0 Å². The Kier molecular flexibility index (Phi) is 7.09. The molecule has 3 heteroatoms. The topological polar surface area (TPSA) is 18.5 Å². The van der Waals surface area contributed by atoms with Gasteiger partial charge in [-0.2, -0.15) is 0 Å². The molecule has 0 aliphatic carbocycles. The van der Waals surface area contributed by atoms with Gasteiger partial charge >= 0.3 is 0 Å². The summed E-state index contributed by atoms with van der Waals surface area (Å²) in [6, 6.07) is 1.42. The molecule has 0 amide bonds. The smallest absolute Gasteiger partial charge is 0.0223 e. The quantitative estimate of drug-likeness (QED) is 0.654. The highest BCUT2D eigenvalue weighted by Crippen LogP contribution is 2.17. The highest BCUT2D eigenvalue weighted by molar-refractivity contribution is 4.80. The molecule has 0 bridgehead atoms. The first-order chi connectivity index (χ1) is 8.13. The third-order valence-electron chi connectivity index (χ3n) is 3.70. The van der Waals surface area contributed by atoms with E-state index < -0.39 is 0 Å². The minimum Gasteiger partial charge on any atom is -0.314 e. The Balaban J connectivity index is 2.09. The summed E-state index contributed by atoms with van der Waals surface area (Å²) in [5, 5.41) is 3.48. The van der Waals surface area contributed by atoms with Crippen LogP contribution < -0.4 is 5.32 Å². The normalized spacial score (nSPS) is 21.9. The van der Waals surface area contributed by atoms with Crippen LogP contribution in [0.5, 0.6) is 0 Å². The van der Waals surface area contributed by atoms with Crippen molar-refractivity contribution < 1.29 is 0 Å². The summed E-state index contributed by atoms with van der Waals surface area (Å²) in [7, 11) is 2.27. The molecule has 1 aliphatic heterocycles. The molecule has 1 heterocycles. The van der Waals surface area contributed by atoms with Gasteiger partial charge in [0.2, 0.25) is 0 Å². The summed E-state index contributed by atoms with van der Waals surface area (Å²) >= 11 is 0. The molecule has 1 saturated heterocycles. The SMILES string of the molecule is CCN1CCCC1CN(C)CCCNC(C)C. The fraction of sp³-hybridized carbons (Fsp3) is 1.00. The van der Waals surface area contributed by atoms with Gasteiger partial charge in [0, 0.05) is 18.6 Å². The van der Waals surface area contributed by atoms with E-state index in [9.17, 15) is 0 Å². The third kappa shape index (κ3) is 5.84. The van der Waals surface area contributed by atoms with Crippen molar-refractivity contribution in [2.24, 2.45) is 0 Å². The molecule has 1 unspecified atom stereocenters. The summed E-state index contributed by atoms with van der Waals surface area (Å²) in [5.41, 5.74) is 0. The van der Waals surface area contributed by atoms with Gasteiger partial charge in [0.25, 0.3) is 0 Å². The van der Waals surface area contributed by atoms with Gasteiger partial charge in [-0.1, -0.05) is 20.8 Å². The van der Waals surface area contributed by atoms with Crippen LogP contribution in [-0.4, -0.2) is 61.7 Å². The monoisotopic (exact) mass is 241 g/mol. The van der Waals surface area contributed by atoms with Crippen LogP contribution in [0.4, 0.5) is 0 Å². The Hall–Kier alpha value is -0.120. The van der Waals surface area contributed by atoms with Gasteiger partial charge in [0.05, 0.1) is 0 Å². The van der Waals surface area contributed by atoms with Gasteiger partial charge in [0.15, 0.2) is 0 Å². The van der Waals surface area contributed by atoms with Gasteiger partial charge in [-0.15, -0.1) is 0 Å². The lowest BCUT2D eigenvalue weighted by Crippen LogP contribution is -2.39. The molecule has 17 heavy (non-hydrogen) atoms. The molecule has 1 aliphatic rings. The predicted molar refractivity (Wildman–Crippen MR) is 75.5 cm³/mol. The summed E-state index contributed by atoms with van der Waals surface area (Å²) < 4.78 is 0. The van der Waals surface area contributed by atoms with Gasteiger partial charge < -0.3 is 10.2 Å². The molecule has 0 spiro atoms. The number of hydrogen-bond acceptors (Lipinski definition) is 3. The minimum absolute atomic E-state index is 0.616. The van der Waals surface area contributed by atoms with Crippen LogP contribution in [-0.2, 0) is 0 Å². The molecule has 1 fully saturated rings. The van der Waals surface area contributed by atoms with Crippen LogP contribution in [0.3, 0.4) is 0 Å². The van der Waals surface area contributed by atoms with Crippen LogP contribution in [0.25, 0.3) is 0 Å². The van der Waals surface area contributed by atoms with E-state index >= 15 is 0 Å². The lowest BCUT2D eigenvalue weighted by atomic mass is 10.2. The lowest BCUT2D eigenvalue weighted by molar-refractivity contribution is 0.197. The molecule has 0 radical (unpaired) electrons. The van der Waals surface area contributed by atoms with Gasteiger partial charge in [-0.3, -0.25) is 4.90 Å². The molecule has 0 saturated carbocycles. The first kappa shape index (κ1) is 14.9. The average molecular weight is 241 g/mol. The fourth-order valence-corrected chi connectivity index (χ4v) is 2.71. The summed E-state index contributed by atoms with van der Waals surface area (Å²) in [6.07, 6.45) is 4.04. The maximum atomic E-state index is 3.48. The van der Waals surface area contributed by atoms with E-state index in [0.717, 1.165) is 12.6 Å². The molecule has 1 rings (SSSR count). The molecule has 0 aromatic heterocycles. The first-order valence-corrected chi connectivity index (χ1v) is 7.29. The standard InChI is InChI=1S/C14H31N3/c1-5-17-11-6-8-14(17)12-16(4)10-7-9-15-13(2)3/h13-15H,5-12H2,1-4H3.